The summed E-state index contributed by atoms with van der Waals surface area (Å²) < 4.78 is 0. The molecule has 0 saturated carbocycles. The first-order valence-electron chi connectivity index (χ1n) is 7.48. The molecule has 1 heterocycles. The summed E-state index contributed by atoms with van der Waals surface area (Å²) >= 11 is 0. The number of likely N-dealkylation sites (tertiary alicyclic amines) is 1. The van der Waals surface area contributed by atoms with Gasteiger partial charge in [-0.3, -0.25) is 4.79 Å². The van der Waals surface area contributed by atoms with E-state index in [1.165, 1.54) is 0 Å². The van der Waals surface area contributed by atoms with E-state index >= 15 is 0 Å². The van der Waals surface area contributed by atoms with Crippen molar-refractivity contribution in [3.8, 4) is 11.8 Å². The molecule has 1 aliphatic heterocycles. The van der Waals surface area contributed by atoms with Crippen LogP contribution < -0.4 is 0 Å². The molecule has 0 bridgehead atoms. The lowest BCUT2D eigenvalue weighted by Gasteiger charge is -2.32. The fourth-order valence-corrected chi connectivity index (χ4v) is 2.78. The third-order valence-electron chi connectivity index (χ3n) is 4.08. The molecule has 1 aliphatic rings. The van der Waals surface area contributed by atoms with E-state index in [2.05, 4.69) is 25.7 Å². The van der Waals surface area contributed by atoms with Crippen molar-refractivity contribution in [1.29, 1.82) is 0 Å². The molecule has 1 saturated heterocycles. The number of rotatable bonds is 2. The fraction of sp³-hybridized carbons (Fsp3) is 0.500. The first-order chi connectivity index (χ1) is 9.95. The molecule has 2 rings (SSSR count). The molecule has 0 unspecified atom stereocenters. The van der Waals surface area contributed by atoms with E-state index in [-0.39, 0.29) is 18.1 Å². The van der Waals surface area contributed by atoms with E-state index in [1.54, 1.807) is 0 Å². The van der Waals surface area contributed by atoms with Crippen LogP contribution in [0.25, 0.3) is 0 Å². The van der Waals surface area contributed by atoms with Gasteiger partial charge in [-0.1, -0.05) is 17.9 Å². The number of hydrogen-bond donors (Lipinski definition) is 1. The van der Waals surface area contributed by atoms with E-state index in [0.717, 1.165) is 36.1 Å². The Balaban J connectivity index is 2.29. The van der Waals surface area contributed by atoms with Crippen molar-refractivity contribution < 1.29 is 9.90 Å². The highest BCUT2D eigenvalue weighted by Crippen LogP contribution is 2.30. The summed E-state index contributed by atoms with van der Waals surface area (Å²) in [5, 5.41) is 8.77. The van der Waals surface area contributed by atoms with Gasteiger partial charge in [-0.15, -0.1) is 0 Å². The molecular formula is C18H23NO2. The molecule has 1 fully saturated rings. The van der Waals surface area contributed by atoms with Gasteiger partial charge in [0.25, 0.3) is 5.91 Å². The number of carbonyl (C=O) groups is 1. The maximum atomic E-state index is 12.8. The van der Waals surface area contributed by atoms with Gasteiger partial charge in [0.15, 0.2) is 0 Å². The van der Waals surface area contributed by atoms with E-state index in [4.69, 9.17) is 5.11 Å². The Morgan fingerprint density at radius 3 is 2.81 bits per heavy atom. The standard InChI is InChI=1S/C18H23NO2/c1-14-8-9-15(7-4-5-12-20)13-16(14)17(21)19-11-6-10-18(19,2)3/h8-9,13,20H,5-6,10-12H2,1-3H3. The lowest BCUT2D eigenvalue weighted by Crippen LogP contribution is -2.42. The van der Waals surface area contributed by atoms with Crippen LogP contribution in [-0.2, 0) is 0 Å². The van der Waals surface area contributed by atoms with Crippen LogP contribution in [0, 0.1) is 18.8 Å². The van der Waals surface area contributed by atoms with Gasteiger partial charge < -0.3 is 10.0 Å². The number of carbonyl (C=O) groups excluding carboxylic acids is 1. The van der Waals surface area contributed by atoms with Crippen LogP contribution in [0.4, 0.5) is 0 Å². The second kappa shape index (κ2) is 6.32. The summed E-state index contributed by atoms with van der Waals surface area (Å²) in [6.07, 6.45) is 2.57. The molecule has 0 atom stereocenters. The maximum absolute atomic E-state index is 12.8. The van der Waals surface area contributed by atoms with Crippen molar-refractivity contribution in [3.63, 3.8) is 0 Å². The molecule has 1 aromatic rings. The van der Waals surface area contributed by atoms with E-state index < -0.39 is 0 Å². The molecule has 3 nitrogen and oxygen atoms in total. The zero-order chi connectivity index (χ0) is 15.5. The van der Waals surface area contributed by atoms with Crippen molar-refractivity contribution in [2.75, 3.05) is 13.2 Å². The monoisotopic (exact) mass is 285 g/mol. The minimum atomic E-state index is -0.0674. The van der Waals surface area contributed by atoms with Gasteiger partial charge in [0.2, 0.25) is 0 Å². The Bertz CT molecular complexity index is 593. The maximum Gasteiger partial charge on any atom is 0.254 e. The van der Waals surface area contributed by atoms with Gasteiger partial charge in [0.1, 0.15) is 0 Å². The smallest absolute Gasteiger partial charge is 0.254 e. The SMILES string of the molecule is Cc1ccc(C#CCCO)cc1C(=O)N1CCCC1(C)C. The first kappa shape index (κ1) is 15.6. The molecule has 0 aromatic heterocycles. The zero-order valence-corrected chi connectivity index (χ0v) is 13.1. The first-order valence-corrected chi connectivity index (χ1v) is 7.48. The van der Waals surface area contributed by atoms with Gasteiger partial charge in [-0.25, -0.2) is 0 Å². The van der Waals surface area contributed by atoms with Crippen LogP contribution in [0.5, 0.6) is 0 Å². The lowest BCUT2D eigenvalue weighted by molar-refractivity contribution is 0.0651. The number of benzene rings is 1. The lowest BCUT2D eigenvalue weighted by atomic mass is 9.99. The van der Waals surface area contributed by atoms with Gasteiger partial charge in [0.05, 0.1) is 6.61 Å². The predicted molar refractivity (Wildman–Crippen MR) is 84.1 cm³/mol. The van der Waals surface area contributed by atoms with E-state index in [9.17, 15) is 4.79 Å². The number of nitrogens with zero attached hydrogens (tertiary/aromatic N) is 1. The molecule has 1 amide bonds. The summed E-state index contributed by atoms with van der Waals surface area (Å²) in [7, 11) is 0. The highest BCUT2D eigenvalue weighted by molar-refractivity contribution is 5.96. The topological polar surface area (TPSA) is 40.5 Å². The molecule has 1 aromatic carbocycles. The Labute approximate surface area is 127 Å². The van der Waals surface area contributed by atoms with Crippen molar-refractivity contribution >= 4 is 5.91 Å². The fourth-order valence-electron chi connectivity index (χ4n) is 2.78. The van der Waals surface area contributed by atoms with Gasteiger partial charge >= 0.3 is 0 Å². The van der Waals surface area contributed by atoms with Gasteiger partial charge in [-0.2, -0.15) is 0 Å². The summed E-state index contributed by atoms with van der Waals surface area (Å²) in [6, 6.07) is 5.74. The highest BCUT2D eigenvalue weighted by Gasteiger charge is 2.36. The minimum Gasteiger partial charge on any atom is -0.395 e. The van der Waals surface area contributed by atoms with Crippen LogP contribution in [0.15, 0.2) is 18.2 Å². The number of aliphatic hydroxyl groups is 1. The number of amides is 1. The summed E-state index contributed by atoms with van der Waals surface area (Å²) in [5.74, 6) is 5.99. The number of aliphatic hydroxyl groups excluding tert-OH is 1. The average Bonchev–Trinajstić information content (AvgIpc) is 2.80. The highest BCUT2D eigenvalue weighted by atomic mass is 16.2. The summed E-state index contributed by atoms with van der Waals surface area (Å²) in [6.45, 7) is 7.09. The molecule has 3 heteroatoms. The van der Waals surface area contributed by atoms with Crippen molar-refractivity contribution in [2.45, 2.75) is 45.6 Å². The van der Waals surface area contributed by atoms with Crippen molar-refractivity contribution in [3.05, 3.63) is 34.9 Å². The van der Waals surface area contributed by atoms with Crippen LogP contribution in [-0.4, -0.2) is 34.6 Å². The van der Waals surface area contributed by atoms with Crippen molar-refractivity contribution in [1.82, 2.24) is 4.90 Å². The van der Waals surface area contributed by atoms with Gasteiger partial charge in [-0.05, 0) is 51.3 Å². The Morgan fingerprint density at radius 1 is 1.43 bits per heavy atom. The van der Waals surface area contributed by atoms with E-state index in [0.29, 0.717) is 6.42 Å². The third-order valence-corrected chi connectivity index (χ3v) is 4.08. The van der Waals surface area contributed by atoms with Crippen LogP contribution in [0.2, 0.25) is 0 Å². The Morgan fingerprint density at radius 2 is 2.19 bits per heavy atom. The minimum absolute atomic E-state index is 0.0621. The molecule has 0 spiro atoms. The second-order valence-electron chi connectivity index (χ2n) is 6.18. The summed E-state index contributed by atoms with van der Waals surface area (Å²) in [5.41, 5.74) is 2.48. The molecule has 21 heavy (non-hydrogen) atoms. The third kappa shape index (κ3) is 3.46. The zero-order valence-electron chi connectivity index (χ0n) is 13.1. The Kier molecular flexibility index (Phi) is 4.69. The molecular weight excluding hydrogens is 262 g/mol. The van der Waals surface area contributed by atoms with Crippen LogP contribution >= 0.6 is 0 Å². The summed E-state index contributed by atoms with van der Waals surface area (Å²) in [4.78, 5) is 14.8. The normalized spacial score (nSPS) is 16.5. The largest absolute Gasteiger partial charge is 0.395 e. The molecule has 112 valence electrons. The quantitative estimate of drug-likeness (QED) is 0.849. The Hall–Kier alpha value is -1.79. The molecule has 1 N–H and O–H groups in total. The molecule has 0 radical (unpaired) electrons. The van der Waals surface area contributed by atoms with E-state index in [1.807, 2.05) is 30.0 Å². The average molecular weight is 285 g/mol. The predicted octanol–water partition coefficient (Wildman–Crippen LogP) is 2.74. The number of hydrogen-bond acceptors (Lipinski definition) is 2. The number of aryl methyl sites for hydroxylation is 1. The van der Waals surface area contributed by atoms with Crippen molar-refractivity contribution in [2.24, 2.45) is 0 Å². The van der Waals surface area contributed by atoms with Crippen LogP contribution in [0.1, 0.15) is 54.6 Å². The van der Waals surface area contributed by atoms with Crippen LogP contribution in [0.3, 0.4) is 0 Å². The van der Waals surface area contributed by atoms with Gasteiger partial charge in [0, 0.05) is 29.6 Å². The second-order valence-corrected chi connectivity index (χ2v) is 6.18. The molecule has 0 aliphatic carbocycles.